The van der Waals surface area contributed by atoms with E-state index in [0.717, 1.165) is 16.8 Å². The molecule has 1 aromatic carbocycles. The lowest BCUT2D eigenvalue weighted by atomic mass is 10.1. The molecule has 0 saturated heterocycles. The molecule has 2 aromatic rings. The van der Waals surface area contributed by atoms with Crippen molar-refractivity contribution in [2.24, 2.45) is 0 Å². The highest BCUT2D eigenvalue weighted by molar-refractivity contribution is 6.33. The Bertz CT molecular complexity index is 629. The monoisotopic (exact) mass is 290 g/mol. The Morgan fingerprint density at radius 3 is 2.80 bits per heavy atom. The number of halogens is 1. The first-order valence-corrected chi connectivity index (χ1v) is 6.57. The zero-order valence-electron chi connectivity index (χ0n) is 11.1. The number of amides is 1. The Kier molecular flexibility index (Phi) is 4.71. The van der Waals surface area contributed by atoms with Crippen molar-refractivity contribution in [3.05, 3.63) is 63.9 Å². The van der Waals surface area contributed by atoms with Gasteiger partial charge < -0.3 is 10.4 Å². The van der Waals surface area contributed by atoms with Crippen molar-refractivity contribution in [2.75, 3.05) is 0 Å². The van der Waals surface area contributed by atoms with E-state index < -0.39 is 0 Å². The summed E-state index contributed by atoms with van der Waals surface area (Å²) in [6.45, 7) is 2.17. The van der Waals surface area contributed by atoms with E-state index in [9.17, 15) is 4.79 Å². The molecule has 0 bridgehead atoms. The normalized spacial score (nSPS) is 10.3. The second-order valence-corrected chi connectivity index (χ2v) is 4.87. The van der Waals surface area contributed by atoms with E-state index in [2.05, 4.69) is 10.3 Å². The fourth-order valence-corrected chi connectivity index (χ4v) is 2.10. The molecule has 0 spiro atoms. The van der Waals surface area contributed by atoms with Gasteiger partial charge in [-0.1, -0.05) is 35.9 Å². The van der Waals surface area contributed by atoms with Crippen LogP contribution in [0.4, 0.5) is 0 Å². The molecule has 1 aromatic heterocycles. The number of carbonyl (C=O) groups excluding carboxylic acids is 1. The minimum atomic E-state index is -0.267. The van der Waals surface area contributed by atoms with Gasteiger partial charge in [0.15, 0.2) is 0 Å². The predicted molar refractivity (Wildman–Crippen MR) is 77.5 cm³/mol. The lowest BCUT2D eigenvalue weighted by molar-refractivity contribution is 0.0950. The van der Waals surface area contributed by atoms with Crippen molar-refractivity contribution >= 4 is 17.5 Å². The number of benzene rings is 1. The van der Waals surface area contributed by atoms with Gasteiger partial charge in [-0.15, -0.1) is 0 Å². The van der Waals surface area contributed by atoms with Crippen molar-refractivity contribution in [3.63, 3.8) is 0 Å². The summed E-state index contributed by atoms with van der Waals surface area (Å²) in [5.74, 6) is -0.267. The molecule has 0 radical (unpaired) electrons. The van der Waals surface area contributed by atoms with Crippen molar-refractivity contribution in [1.29, 1.82) is 0 Å². The van der Waals surface area contributed by atoms with E-state index in [1.807, 2.05) is 31.2 Å². The molecule has 4 nitrogen and oxygen atoms in total. The summed E-state index contributed by atoms with van der Waals surface area (Å²) in [5.41, 5.74) is 2.85. The number of hydrogen-bond donors (Lipinski definition) is 2. The van der Waals surface area contributed by atoms with E-state index in [4.69, 9.17) is 16.7 Å². The van der Waals surface area contributed by atoms with Gasteiger partial charge >= 0.3 is 0 Å². The molecule has 0 saturated carbocycles. The quantitative estimate of drug-likeness (QED) is 0.909. The maximum absolute atomic E-state index is 12.0. The zero-order valence-corrected chi connectivity index (χ0v) is 11.8. The largest absolute Gasteiger partial charge is 0.392 e. The minimum Gasteiger partial charge on any atom is -0.392 e. The number of aromatic nitrogens is 1. The number of aliphatic hydroxyl groups excluding tert-OH is 1. The highest BCUT2D eigenvalue weighted by atomic mass is 35.5. The average molecular weight is 291 g/mol. The van der Waals surface area contributed by atoms with Crippen LogP contribution in [0.1, 0.15) is 27.2 Å². The third kappa shape index (κ3) is 3.56. The first kappa shape index (κ1) is 14.5. The Hall–Kier alpha value is -1.91. The number of hydrogen-bond acceptors (Lipinski definition) is 3. The van der Waals surface area contributed by atoms with Crippen LogP contribution >= 0.6 is 11.6 Å². The van der Waals surface area contributed by atoms with Crippen LogP contribution in [0, 0.1) is 6.92 Å². The summed E-state index contributed by atoms with van der Waals surface area (Å²) in [5, 5.41) is 12.2. The second-order valence-electron chi connectivity index (χ2n) is 4.47. The zero-order chi connectivity index (χ0) is 14.5. The van der Waals surface area contributed by atoms with Gasteiger partial charge in [0.2, 0.25) is 0 Å². The van der Waals surface area contributed by atoms with Gasteiger partial charge in [-0.05, 0) is 24.1 Å². The van der Waals surface area contributed by atoms with Crippen LogP contribution in [-0.2, 0) is 13.2 Å². The van der Waals surface area contributed by atoms with Crippen LogP contribution in [0.2, 0.25) is 5.02 Å². The molecule has 1 amide bonds. The smallest absolute Gasteiger partial charge is 0.254 e. The predicted octanol–water partition coefficient (Wildman–Crippen LogP) is 2.47. The third-order valence-electron chi connectivity index (χ3n) is 2.86. The molecule has 0 unspecified atom stereocenters. The Morgan fingerprint density at radius 1 is 1.35 bits per heavy atom. The number of rotatable bonds is 4. The highest BCUT2D eigenvalue weighted by Gasteiger charge is 2.10. The molecule has 0 fully saturated rings. The van der Waals surface area contributed by atoms with E-state index in [1.165, 1.54) is 6.20 Å². The van der Waals surface area contributed by atoms with Crippen LogP contribution in [0.25, 0.3) is 0 Å². The van der Waals surface area contributed by atoms with Crippen molar-refractivity contribution in [2.45, 2.75) is 20.1 Å². The summed E-state index contributed by atoms with van der Waals surface area (Å²) in [6.07, 6.45) is 1.47. The Morgan fingerprint density at radius 2 is 2.10 bits per heavy atom. The Balaban J connectivity index is 2.04. The van der Waals surface area contributed by atoms with Gasteiger partial charge in [-0.25, -0.2) is 0 Å². The molecule has 0 aliphatic carbocycles. The number of nitrogens with one attached hydrogen (secondary N) is 1. The topological polar surface area (TPSA) is 62.2 Å². The summed E-state index contributed by atoms with van der Waals surface area (Å²) in [6, 6.07) is 9.05. The molecule has 20 heavy (non-hydrogen) atoms. The van der Waals surface area contributed by atoms with Crippen LogP contribution in [-0.4, -0.2) is 16.0 Å². The first-order valence-electron chi connectivity index (χ1n) is 6.19. The van der Waals surface area contributed by atoms with Crippen molar-refractivity contribution < 1.29 is 9.90 Å². The van der Waals surface area contributed by atoms with Crippen LogP contribution in [0.15, 0.2) is 36.5 Å². The minimum absolute atomic E-state index is 0.0184. The van der Waals surface area contributed by atoms with Crippen molar-refractivity contribution in [3.8, 4) is 0 Å². The lowest BCUT2D eigenvalue weighted by Gasteiger charge is -2.08. The summed E-state index contributed by atoms with van der Waals surface area (Å²) < 4.78 is 0. The standard InChI is InChI=1S/C15H15ClN2O2/c1-10-5-14(16)13(8-17-10)15(20)18-7-11-3-2-4-12(6-11)9-19/h2-6,8,19H,7,9H2,1H3,(H,18,20). The third-order valence-corrected chi connectivity index (χ3v) is 3.17. The Labute approximate surface area is 122 Å². The maximum Gasteiger partial charge on any atom is 0.254 e. The van der Waals surface area contributed by atoms with Crippen LogP contribution < -0.4 is 5.32 Å². The van der Waals surface area contributed by atoms with E-state index in [-0.39, 0.29) is 12.5 Å². The van der Waals surface area contributed by atoms with Gasteiger partial charge in [-0.2, -0.15) is 0 Å². The maximum atomic E-state index is 12.0. The fourth-order valence-electron chi connectivity index (χ4n) is 1.81. The molecular weight excluding hydrogens is 276 g/mol. The van der Waals surface area contributed by atoms with Crippen LogP contribution in [0.3, 0.4) is 0 Å². The lowest BCUT2D eigenvalue weighted by Crippen LogP contribution is -2.23. The van der Waals surface area contributed by atoms with Crippen molar-refractivity contribution in [1.82, 2.24) is 10.3 Å². The summed E-state index contributed by atoms with van der Waals surface area (Å²) >= 11 is 6.02. The molecule has 2 rings (SSSR count). The van der Waals surface area contributed by atoms with Gasteiger partial charge in [0.25, 0.3) is 5.91 Å². The highest BCUT2D eigenvalue weighted by Crippen LogP contribution is 2.15. The number of aryl methyl sites for hydroxylation is 1. The molecule has 2 N–H and O–H groups in total. The van der Waals surface area contributed by atoms with Gasteiger partial charge in [-0.3, -0.25) is 9.78 Å². The number of pyridine rings is 1. The number of nitrogens with zero attached hydrogens (tertiary/aromatic N) is 1. The average Bonchev–Trinajstić information content (AvgIpc) is 2.45. The molecule has 0 aliphatic heterocycles. The second kappa shape index (κ2) is 6.50. The summed E-state index contributed by atoms with van der Waals surface area (Å²) in [7, 11) is 0. The molecule has 0 atom stereocenters. The van der Waals surface area contributed by atoms with E-state index >= 15 is 0 Å². The molecule has 1 heterocycles. The molecule has 5 heteroatoms. The SMILES string of the molecule is Cc1cc(Cl)c(C(=O)NCc2cccc(CO)c2)cn1. The fraction of sp³-hybridized carbons (Fsp3) is 0.200. The van der Waals surface area contributed by atoms with Gasteiger partial charge in [0.1, 0.15) is 0 Å². The molecule has 0 aliphatic rings. The first-order chi connectivity index (χ1) is 9.60. The van der Waals surface area contributed by atoms with Gasteiger partial charge in [0, 0.05) is 18.4 Å². The number of aliphatic hydroxyl groups is 1. The molecule has 104 valence electrons. The van der Waals surface area contributed by atoms with Gasteiger partial charge in [0.05, 0.1) is 17.2 Å². The van der Waals surface area contributed by atoms with E-state index in [1.54, 1.807) is 6.07 Å². The molecular formula is C15H15ClN2O2. The number of carbonyl (C=O) groups is 1. The summed E-state index contributed by atoms with van der Waals surface area (Å²) in [4.78, 5) is 16.1. The van der Waals surface area contributed by atoms with Crippen LogP contribution in [0.5, 0.6) is 0 Å². The van der Waals surface area contributed by atoms with E-state index in [0.29, 0.717) is 17.1 Å².